The van der Waals surface area contributed by atoms with Gasteiger partial charge in [-0.2, -0.15) is 0 Å². The minimum absolute atomic E-state index is 0.0235. The first-order valence-corrected chi connectivity index (χ1v) is 23.4. The molecule has 11 heteroatoms. The largest absolute Gasteiger partial charge is 0.469 e. The Morgan fingerprint density at radius 2 is 1.19 bits per heavy atom. The number of rotatable bonds is 38. The smallest absolute Gasteiger partial charge is 0.462 e. The number of hydrogen-bond donors (Lipinski definition) is 4. The molecule has 0 aromatic heterocycles. The van der Waals surface area contributed by atoms with Crippen LogP contribution < -0.4 is 0 Å². The summed E-state index contributed by atoms with van der Waals surface area (Å²) in [7, 11) is -4.81. The Kier molecular flexibility index (Phi) is 37.1. The first-order valence-electron chi connectivity index (χ1n) is 21.9. The summed E-state index contributed by atoms with van der Waals surface area (Å²) < 4.78 is 26.3. The van der Waals surface area contributed by atoms with Gasteiger partial charge in [0.25, 0.3) is 0 Å². The molecule has 0 aliphatic carbocycles. The van der Waals surface area contributed by atoms with Crippen molar-refractivity contribution in [3.05, 3.63) is 72.9 Å². The summed E-state index contributed by atoms with van der Waals surface area (Å²) in [5, 5.41) is 19.9. The van der Waals surface area contributed by atoms with E-state index in [0.717, 1.165) is 31.6 Å². The van der Waals surface area contributed by atoms with Gasteiger partial charge in [0.1, 0.15) is 6.61 Å². The number of aliphatic hydroxyl groups is 2. The lowest BCUT2D eigenvalue weighted by Crippen LogP contribution is -2.29. The van der Waals surface area contributed by atoms with Crippen molar-refractivity contribution in [2.45, 2.75) is 187 Å². The number of phosphoric acid groups is 1. The number of phosphoric ester groups is 1. The molecule has 0 bridgehead atoms. The number of esters is 2. The molecule has 57 heavy (non-hydrogen) atoms. The molecule has 0 spiro atoms. The standard InChI is InChI=1S/C46H79O10P/c1-4-6-25-33-42(47)34-27-21-17-15-18-22-28-35-43(48)36-29-24-31-38-46(50)56-44(40-55-57(51,52)53)39-54-45(49)37-30-23-19-14-12-10-8-7-9-11-13-16-20-26-32-41(3)5-2/h6,17-18,21-22,25,27-29,34-36,41-44,47-48H,4-5,7-16,19-20,23-24,26,30-33,37-40H2,1-3H3,(H2,51,52,53)/b21-17-,22-18-,25-6-,34-27+,35-28+,36-29-/t41?,42-,43-,44+/m0/s1. The maximum absolute atomic E-state index is 12.4. The summed E-state index contributed by atoms with van der Waals surface area (Å²) in [6.45, 7) is 5.71. The minimum Gasteiger partial charge on any atom is -0.462 e. The van der Waals surface area contributed by atoms with Gasteiger partial charge < -0.3 is 29.5 Å². The van der Waals surface area contributed by atoms with Gasteiger partial charge in [-0.25, -0.2) is 4.57 Å². The Morgan fingerprint density at radius 1 is 0.632 bits per heavy atom. The number of unbranched alkanes of at least 4 members (excludes halogenated alkanes) is 14. The molecule has 4 N–H and O–H groups in total. The molecule has 0 aliphatic heterocycles. The summed E-state index contributed by atoms with van der Waals surface area (Å²) >= 11 is 0. The highest BCUT2D eigenvalue weighted by molar-refractivity contribution is 7.46. The number of ether oxygens (including phenoxy) is 2. The van der Waals surface area contributed by atoms with Crippen molar-refractivity contribution >= 4 is 19.8 Å². The third-order valence-corrected chi connectivity index (χ3v) is 9.94. The molecular formula is C46H79O10P. The van der Waals surface area contributed by atoms with E-state index in [1.807, 2.05) is 42.5 Å². The number of carbonyl (C=O) groups excluding carboxylic acids is 2. The van der Waals surface area contributed by atoms with Crippen LogP contribution in [-0.2, 0) is 28.2 Å². The van der Waals surface area contributed by atoms with E-state index in [1.54, 1.807) is 30.4 Å². The molecule has 0 radical (unpaired) electrons. The number of carbonyl (C=O) groups is 2. The van der Waals surface area contributed by atoms with Crippen LogP contribution in [0.25, 0.3) is 0 Å². The zero-order valence-corrected chi connectivity index (χ0v) is 36.5. The summed E-state index contributed by atoms with van der Waals surface area (Å²) in [6, 6.07) is 0. The van der Waals surface area contributed by atoms with Crippen LogP contribution in [0.2, 0.25) is 0 Å². The highest BCUT2D eigenvalue weighted by atomic mass is 31.2. The lowest BCUT2D eigenvalue weighted by Gasteiger charge is -2.18. The van der Waals surface area contributed by atoms with E-state index in [1.165, 1.54) is 77.0 Å². The van der Waals surface area contributed by atoms with Gasteiger partial charge in [0.05, 0.1) is 18.8 Å². The van der Waals surface area contributed by atoms with E-state index in [0.29, 0.717) is 32.1 Å². The number of hydrogen-bond acceptors (Lipinski definition) is 8. The molecule has 328 valence electrons. The minimum atomic E-state index is -4.81. The topological polar surface area (TPSA) is 160 Å². The SMILES string of the molecule is CC/C=C\C[C@H](O)/C=C/C=C\C/C=C\C=C\[C@H](O)/C=C\CCCC(=O)O[C@H](COC(=O)CCCCCCCCCCCCCCCCC(C)CC)COP(=O)(O)O. The van der Waals surface area contributed by atoms with E-state index >= 15 is 0 Å². The van der Waals surface area contributed by atoms with E-state index in [4.69, 9.17) is 19.3 Å². The third-order valence-electron chi connectivity index (χ3n) is 9.45. The van der Waals surface area contributed by atoms with E-state index < -0.39 is 44.7 Å². The predicted octanol–water partition coefficient (Wildman–Crippen LogP) is 11.3. The van der Waals surface area contributed by atoms with Crippen LogP contribution >= 0.6 is 7.82 Å². The van der Waals surface area contributed by atoms with E-state index in [2.05, 4.69) is 25.3 Å². The van der Waals surface area contributed by atoms with Gasteiger partial charge in [-0.05, 0) is 44.4 Å². The molecule has 0 aromatic carbocycles. The molecule has 0 heterocycles. The fourth-order valence-electron chi connectivity index (χ4n) is 5.80. The third kappa shape index (κ3) is 41.4. The second-order valence-electron chi connectivity index (χ2n) is 14.9. The van der Waals surface area contributed by atoms with Gasteiger partial charge in [0.15, 0.2) is 6.10 Å². The Hall–Kier alpha value is -2.59. The first kappa shape index (κ1) is 54.4. The maximum atomic E-state index is 12.4. The molecule has 0 aliphatic rings. The zero-order chi connectivity index (χ0) is 42.2. The average molecular weight is 823 g/mol. The fraction of sp³-hybridized carbons (Fsp3) is 0.696. The first-order chi connectivity index (χ1) is 27.5. The van der Waals surface area contributed by atoms with Crippen molar-refractivity contribution in [1.29, 1.82) is 0 Å². The molecule has 1 unspecified atom stereocenters. The maximum Gasteiger partial charge on any atom is 0.469 e. The highest BCUT2D eigenvalue weighted by Crippen LogP contribution is 2.36. The van der Waals surface area contributed by atoms with Gasteiger partial charge in [0, 0.05) is 12.8 Å². The van der Waals surface area contributed by atoms with Crippen molar-refractivity contribution in [3.8, 4) is 0 Å². The monoisotopic (exact) mass is 823 g/mol. The van der Waals surface area contributed by atoms with Gasteiger partial charge >= 0.3 is 19.8 Å². The van der Waals surface area contributed by atoms with E-state index in [-0.39, 0.29) is 19.4 Å². The Morgan fingerprint density at radius 3 is 1.77 bits per heavy atom. The van der Waals surface area contributed by atoms with Crippen LogP contribution in [0.15, 0.2) is 72.9 Å². The van der Waals surface area contributed by atoms with Crippen LogP contribution in [0.5, 0.6) is 0 Å². The van der Waals surface area contributed by atoms with Crippen molar-refractivity contribution < 1.29 is 48.2 Å². The lowest BCUT2D eigenvalue weighted by atomic mass is 9.99. The van der Waals surface area contributed by atoms with E-state index in [9.17, 15) is 24.4 Å². The fourth-order valence-corrected chi connectivity index (χ4v) is 6.16. The van der Waals surface area contributed by atoms with Crippen LogP contribution in [0, 0.1) is 5.92 Å². The molecule has 0 amide bonds. The number of allylic oxidation sites excluding steroid dienone is 8. The number of aliphatic hydroxyl groups excluding tert-OH is 2. The van der Waals surface area contributed by atoms with Crippen molar-refractivity contribution in [1.82, 2.24) is 0 Å². The predicted molar refractivity (Wildman–Crippen MR) is 232 cm³/mol. The Labute approximate surface area is 345 Å². The van der Waals surface area contributed by atoms with Crippen molar-refractivity contribution in [2.24, 2.45) is 5.92 Å². The second kappa shape index (κ2) is 38.9. The summed E-state index contributed by atoms with van der Waals surface area (Å²) in [5.41, 5.74) is 0. The summed E-state index contributed by atoms with van der Waals surface area (Å²) in [4.78, 5) is 42.9. The molecule has 0 rings (SSSR count). The molecule has 0 saturated carbocycles. The van der Waals surface area contributed by atoms with Crippen molar-refractivity contribution in [2.75, 3.05) is 13.2 Å². The highest BCUT2D eigenvalue weighted by Gasteiger charge is 2.22. The summed E-state index contributed by atoms with van der Waals surface area (Å²) in [6.07, 6.45) is 42.7. The normalized spacial score (nSPS) is 14.9. The lowest BCUT2D eigenvalue weighted by molar-refractivity contribution is -0.161. The molecule has 10 nitrogen and oxygen atoms in total. The van der Waals surface area contributed by atoms with Crippen LogP contribution in [0.1, 0.15) is 168 Å². The van der Waals surface area contributed by atoms with Gasteiger partial charge in [-0.3, -0.25) is 14.1 Å². The second-order valence-corrected chi connectivity index (χ2v) is 16.2. The summed E-state index contributed by atoms with van der Waals surface area (Å²) in [5.74, 6) is -0.198. The van der Waals surface area contributed by atoms with Gasteiger partial charge in [-0.15, -0.1) is 0 Å². The Balaban J connectivity index is 4.16. The quantitative estimate of drug-likeness (QED) is 0.0155. The molecular weight excluding hydrogens is 743 g/mol. The molecule has 0 saturated heterocycles. The van der Waals surface area contributed by atoms with Gasteiger partial charge in [-0.1, -0.05) is 190 Å². The zero-order valence-electron chi connectivity index (χ0n) is 35.6. The van der Waals surface area contributed by atoms with Gasteiger partial charge in [0.2, 0.25) is 0 Å². The van der Waals surface area contributed by atoms with Crippen LogP contribution in [0.3, 0.4) is 0 Å². The van der Waals surface area contributed by atoms with Crippen molar-refractivity contribution in [3.63, 3.8) is 0 Å². The Bertz CT molecular complexity index is 1200. The average Bonchev–Trinajstić information content (AvgIpc) is 3.17. The molecule has 0 fully saturated rings. The molecule has 4 atom stereocenters. The molecule has 0 aromatic rings. The van der Waals surface area contributed by atoms with Crippen LogP contribution in [0.4, 0.5) is 0 Å². The van der Waals surface area contributed by atoms with Crippen LogP contribution in [-0.4, -0.2) is 63.5 Å².